The summed E-state index contributed by atoms with van der Waals surface area (Å²) < 4.78 is 1.41. The lowest BCUT2D eigenvalue weighted by molar-refractivity contribution is 0.0939. The van der Waals surface area contributed by atoms with Gasteiger partial charge in [-0.2, -0.15) is 5.10 Å². The summed E-state index contributed by atoms with van der Waals surface area (Å²) in [5.41, 5.74) is 2.59. The molecule has 0 aliphatic heterocycles. The molecule has 0 spiro atoms. The van der Waals surface area contributed by atoms with E-state index >= 15 is 0 Å². The van der Waals surface area contributed by atoms with Crippen LogP contribution in [0.15, 0.2) is 54.7 Å². The monoisotopic (exact) mass is 418 g/mol. The van der Waals surface area contributed by atoms with Crippen LogP contribution in [-0.4, -0.2) is 33.9 Å². The topological polar surface area (TPSA) is 93.1 Å². The molecular weight excluding hydrogens is 392 g/mol. The van der Waals surface area contributed by atoms with Crippen molar-refractivity contribution in [1.82, 2.24) is 15.1 Å². The van der Waals surface area contributed by atoms with E-state index in [0.29, 0.717) is 17.7 Å². The van der Waals surface area contributed by atoms with Crippen molar-refractivity contribution in [2.24, 2.45) is 13.0 Å². The largest absolute Gasteiger partial charge is 0.350 e. The molecule has 7 nitrogen and oxygen atoms in total. The summed E-state index contributed by atoms with van der Waals surface area (Å²) in [6.45, 7) is 6.44. The van der Waals surface area contributed by atoms with Crippen molar-refractivity contribution in [3.05, 3.63) is 82.7 Å². The van der Waals surface area contributed by atoms with Crippen molar-refractivity contribution in [2.45, 2.75) is 20.8 Å². The van der Waals surface area contributed by atoms with Gasteiger partial charge in [-0.1, -0.05) is 61.9 Å². The molecule has 0 radical (unpaired) electrons. The van der Waals surface area contributed by atoms with Gasteiger partial charge in [-0.15, -0.1) is 0 Å². The zero-order valence-electron chi connectivity index (χ0n) is 18.1. The quantitative estimate of drug-likeness (QED) is 0.574. The first kappa shape index (κ1) is 22.0. The lowest BCUT2D eigenvalue weighted by Gasteiger charge is -2.12. The van der Waals surface area contributed by atoms with E-state index in [1.807, 2.05) is 32.9 Å². The Morgan fingerprint density at radius 3 is 2.26 bits per heavy atom. The van der Waals surface area contributed by atoms with Crippen molar-refractivity contribution in [1.29, 1.82) is 0 Å². The number of anilines is 1. The van der Waals surface area contributed by atoms with Gasteiger partial charge in [-0.05, 0) is 18.9 Å². The van der Waals surface area contributed by atoms with E-state index in [0.717, 1.165) is 5.56 Å². The molecule has 2 N–H and O–H groups in total. The van der Waals surface area contributed by atoms with Gasteiger partial charge >= 0.3 is 0 Å². The second-order valence-electron chi connectivity index (χ2n) is 7.83. The number of nitrogens with zero attached hydrogens (tertiary/aromatic N) is 2. The summed E-state index contributed by atoms with van der Waals surface area (Å²) in [6, 6.07) is 13.8. The Morgan fingerprint density at radius 2 is 1.61 bits per heavy atom. The number of benzene rings is 2. The lowest BCUT2D eigenvalue weighted by Crippen LogP contribution is -2.30. The Bertz CT molecular complexity index is 1110. The Labute approximate surface area is 181 Å². The third-order valence-electron chi connectivity index (χ3n) is 4.80. The molecule has 160 valence electrons. The smallest absolute Gasteiger partial charge is 0.271 e. The number of hydrogen-bond acceptors (Lipinski definition) is 4. The molecule has 0 aliphatic carbocycles. The van der Waals surface area contributed by atoms with Gasteiger partial charge in [-0.3, -0.25) is 19.1 Å². The van der Waals surface area contributed by atoms with Crippen molar-refractivity contribution in [3.63, 3.8) is 0 Å². The van der Waals surface area contributed by atoms with Crippen LogP contribution in [-0.2, 0) is 7.05 Å². The molecule has 0 fully saturated rings. The van der Waals surface area contributed by atoms with Crippen LogP contribution in [0, 0.1) is 12.8 Å². The lowest BCUT2D eigenvalue weighted by atomic mass is 9.97. The molecule has 1 heterocycles. The molecule has 0 unspecified atom stereocenters. The van der Waals surface area contributed by atoms with Crippen LogP contribution >= 0.6 is 0 Å². The second kappa shape index (κ2) is 9.38. The van der Waals surface area contributed by atoms with Crippen LogP contribution in [0.1, 0.15) is 56.2 Å². The number of amides is 2. The average molecular weight is 418 g/mol. The van der Waals surface area contributed by atoms with Gasteiger partial charge in [0.1, 0.15) is 5.69 Å². The molecule has 1 aromatic heterocycles. The fourth-order valence-corrected chi connectivity index (χ4v) is 3.11. The van der Waals surface area contributed by atoms with Crippen molar-refractivity contribution >= 4 is 23.3 Å². The predicted molar refractivity (Wildman–Crippen MR) is 119 cm³/mol. The molecule has 3 rings (SSSR count). The molecule has 0 aliphatic rings. The molecule has 0 atom stereocenters. The highest BCUT2D eigenvalue weighted by molar-refractivity contribution is 6.18. The Kier molecular flexibility index (Phi) is 6.65. The Morgan fingerprint density at radius 1 is 0.968 bits per heavy atom. The highest BCUT2D eigenvalue weighted by Gasteiger charge is 2.22. The van der Waals surface area contributed by atoms with E-state index in [4.69, 9.17) is 0 Å². The maximum atomic E-state index is 13.0. The van der Waals surface area contributed by atoms with Gasteiger partial charge in [0.05, 0.1) is 17.4 Å². The number of ketones is 1. The molecule has 31 heavy (non-hydrogen) atoms. The summed E-state index contributed by atoms with van der Waals surface area (Å²) in [7, 11) is 1.63. The van der Waals surface area contributed by atoms with E-state index in [1.54, 1.807) is 43.4 Å². The maximum Gasteiger partial charge on any atom is 0.271 e. The fourth-order valence-electron chi connectivity index (χ4n) is 3.11. The predicted octanol–water partition coefficient (Wildman–Crippen LogP) is 3.60. The molecule has 7 heteroatoms. The zero-order valence-corrected chi connectivity index (χ0v) is 18.1. The fraction of sp³-hybridized carbons (Fsp3) is 0.250. The first-order chi connectivity index (χ1) is 14.8. The number of hydrogen-bond donors (Lipinski definition) is 2. The zero-order chi connectivity index (χ0) is 22.5. The minimum atomic E-state index is -0.484. The van der Waals surface area contributed by atoms with Gasteiger partial charge in [-0.25, -0.2) is 0 Å². The van der Waals surface area contributed by atoms with Crippen molar-refractivity contribution in [3.8, 4) is 0 Å². The summed E-state index contributed by atoms with van der Waals surface area (Å²) >= 11 is 0. The van der Waals surface area contributed by atoms with Crippen LogP contribution in [0.3, 0.4) is 0 Å². The number of carbonyl (C=O) groups is 3. The molecule has 0 saturated heterocycles. The SMILES string of the molecule is Cc1ccc(C(=O)c2ccccc2C(=O)Nc2cnn(C)c2C(=O)NCC(C)C)cc1. The van der Waals surface area contributed by atoms with E-state index in [9.17, 15) is 14.4 Å². The summed E-state index contributed by atoms with van der Waals surface area (Å²) in [6.07, 6.45) is 1.42. The molecule has 2 aromatic carbocycles. The van der Waals surface area contributed by atoms with Gasteiger partial charge < -0.3 is 10.6 Å². The van der Waals surface area contributed by atoms with Crippen LogP contribution < -0.4 is 10.6 Å². The summed E-state index contributed by atoms with van der Waals surface area (Å²) in [4.78, 5) is 38.6. The summed E-state index contributed by atoms with van der Waals surface area (Å²) in [5.74, 6) is -0.767. The molecule has 3 aromatic rings. The third-order valence-corrected chi connectivity index (χ3v) is 4.80. The molecule has 0 bridgehead atoms. The minimum Gasteiger partial charge on any atom is -0.350 e. The highest BCUT2D eigenvalue weighted by atomic mass is 16.2. The number of rotatable bonds is 7. The van der Waals surface area contributed by atoms with Gasteiger partial charge in [0.2, 0.25) is 0 Å². The highest BCUT2D eigenvalue weighted by Crippen LogP contribution is 2.19. The van der Waals surface area contributed by atoms with Crippen LogP contribution in [0.4, 0.5) is 5.69 Å². The second-order valence-corrected chi connectivity index (χ2v) is 7.83. The van der Waals surface area contributed by atoms with Gasteiger partial charge in [0.15, 0.2) is 5.78 Å². The average Bonchev–Trinajstić information content (AvgIpc) is 3.12. The number of carbonyl (C=O) groups excluding carboxylic acids is 3. The minimum absolute atomic E-state index is 0.227. The standard InChI is InChI=1S/C24H26N4O3/c1-15(2)13-25-24(31)21-20(14-26-28(21)4)27-23(30)19-8-6-5-7-18(19)22(29)17-11-9-16(3)10-12-17/h5-12,14-15H,13H2,1-4H3,(H,25,31)(H,27,30). The van der Waals surface area contributed by atoms with Crippen LogP contribution in [0.2, 0.25) is 0 Å². The third kappa shape index (κ3) is 5.06. The van der Waals surface area contributed by atoms with Crippen molar-refractivity contribution < 1.29 is 14.4 Å². The summed E-state index contributed by atoms with van der Waals surface area (Å²) in [5, 5.41) is 9.66. The number of nitrogens with one attached hydrogen (secondary N) is 2. The number of aromatic nitrogens is 2. The molecular formula is C24H26N4O3. The van der Waals surface area contributed by atoms with Gasteiger partial charge in [0, 0.05) is 24.7 Å². The van der Waals surface area contributed by atoms with E-state index in [1.165, 1.54) is 10.9 Å². The van der Waals surface area contributed by atoms with Crippen LogP contribution in [0.25, 0.3) is 0 Å². The number of aryl methyl sites for hydroxylation is 2. The first-order valence-corrected chi connectivity index (χ1v) is 10.1. The van der Waals surface area contributed by atoms with E-state index < -0.39 is 5.91 Å². The first-order valence-electron chi connectivity index (χ1n) is 10.1. The Balaban J connectivity index is 1.87. The Hall–Kier alpha value is -3.74. The van der Waals surface area contributed by atoms with E-state index in [2.05, 4.69) is 15.7 Å². The van der Waals surface area contributed by atoms with Crippen molar-refractivity contribution in [2.75, 3.05) is 11.9 Å². The molecule has 0 saturated carbocycles. The maximum absolute atomic E-state index is 13.0. The normalized spacial score (nSPS) is 10.7. The van der Waals surface area contributed by atoms with Gasteiger partial charge in [0.25, 0.3) is 11.8 Å². The van der Waals surface area contributed by atoms with Crippen LogP contribution in [0.5, 0.6) is 0 Å². The van der Waals surface area contributed by atoms with E-state index in [-0.39, 0.29) is 34.6 Å². The molecule has 2 amide bonds.